The second-order valence-corrected chi connectivity index (χ2v) is 4.71. The highest BCUT2D eigenvalue weighted by molar-refractivity contribution is 6.32. The number of rotatable bonds is 5. The van der Waals surface area contributed by atoms with Gasteiger partial charge >= 0.3 is 5.97 Å². The van der Waals surface area contributed by atoms with Crippen LogP contribution in [0.25, 0.3) is 0 Å². The van der Waals surface area contributed by atoms with E-state index in [0.29, 0.717) is 5.75 Å². The second-order valence-electron chi connectivity index (χ2n) is 4.30. The molecule has 110 valence electrons. The van der Waals surface area contributed by atoms with Crippen LogP contribution in [0.2, 0.25) is 5.02 Å². The molecular weight excluding hydrogens is 296 g/mol. The summed E-state index contributed by atoms with van der Waals surface area (Å²) in [5, 5.41) is 28.6. The maximum absolute atomic E-state index is 11.0. The summed E-state index contributed by atoms with van der Waals surface area (Å²) >= 11 is 5.77. The number of hydrogen-bond acceptors (Lipinski definition) is 4. The van der Waals surface area contributed by atoms with Crippen molar-refractivity contribution in [2.75, 3.05) is 6.61 Å². The normalized spacial score (nSPS) is 10.3. The molecule has 0 fully saturated rings. The predicted molar refractivity (Wildman–Crippen MR) is 77.4 cm³/mol. The zero-order chi connectivity index (χ0) is 15.4. The number of carbonyl (C=O) groups is 1. The first-order chi connectivity index (χ1) is 10.0. The molecule has 0 amide bonds. The molecule has 0 unspecified atom stereocenters. The number of carboxylic acid groups (broad SMARTS) is 1. The van der Waals surface area contributed by atoms with Gasteiger partial charge in [-0.05, 0) is 18.2 Å². The average molecular weight is 309 g/mol. The van der Waals surface area contributed by atoms with E-state index in [2.05, 4.69) is 0 Å². The Hall–Kier alpha value is -2.40. The fourth-order valence-corrected chi connectivity index (χ4v) is 2.09. The number of benzene rings is 2. The van der Waals surface area contributed by atoms with Crippen molar-refractivity contribution >= 4 is 17.6 Å². The Labute approximate surface area is 126 Å². The van der Waals surface area contributed by atoms with Crippen LogP contribution in [0.15, 0.2) is 36.4 Å². The molecule has 0 aliphatic rings. The summed E-state index contributed by atoms with van der Waals surface area (Å²) in [5.74, 6) is -1.52. The molecule has 2 rings (SSSR count). The van der Waals surface area contributed by atoms with Gasteiger partial charge in [0.1, 0.15) is 22.8 Å². The lowest BCUT2D eigenvalue weighted by atomic mass is 10.0. The lowest BCUT2D eigenvalue weighted by Gasteiger charge is -2.12. The van der Waals surface area contributed by atoms with Crippen LogP contribution >= 0.6 is 11.6 Å². The first kappa shape index (κ1) is 15.0. The van der Waals surface area contributed by atoms with Crippen molar-refractivity contribution in [3.8, 4) is 17.2 Å². The van der Waals surface area contributed by atoms with E-state index in [4.69, 9.17) is 21.4 Å². The van der Waals surface area contributed by atoms with Gasteiger partial charge < -0.3 is 20.1 Å². The molecule has 0 atom stereocenters. The first-order valence-corrected chi connectivity index (χ1v) is 6.53. The molecule has 3 N–H and O–H groups in total. The summed E-state index contributed by atoms with van der Waals surface area (Å²) in [6, 6.07) is 10.0. The highest BCUT2D eigenvalue weighted by Crippen LogP contribution is 2.37. The number of phenolic OH excluding ortho intramolecular Hbond substituents is 1. The molecule has 5 nitrogen and oxygen atoms in total. The number of aromatic hydroxyl groups is 2. The van der Waals surface area contributed by atoms with Crippen LogP contribution in [0.3, 0.4) is 0 Å². The van der Waals surface area contributed by atoms with Crippen LogP contribution in [0.5, 0.6) is 17.2 Å². The zero-order valence-electron chi connectivity index (χ0n) is 10.9. The van der Waals surface area contributed by atoms with Crippen LogP contribution in [-0.4, -0.2) is 27.9 Å². The minimum atomic E-state index is -1.32. The lowest BCUT2D eigenvalue weighted by Crippen LogP contribution is -2.05. The van der Waals surface area contributed by atoms with Gasteiger partial charge in [0, 0.05) is 12.0 Å². The molecule has 0 heterocycles. The van der Waals surface area contributed by atoms with Gasteiger partial charge in [0.05, 0.1) is 11.6 Å². The fraction of sp³-hybridized carbons (Fsp3) is 0.133. The zero-order valence-corrected chi connectivity index (χ0v) is 11.7. The third kappa shape index (κ3) is 3.38. The molecule has 21 heavy (non-hydrogen) atoms. The Morgan fingerprint density at radius 2 is 1.81 bits per heavy atom. The van der Waals surface area contributed by atoms with Crippen molar-refractivity contribution in [3.05, 3.63) is 52.5 Å². The Kier molecular flexibility index (Phi) is 4.55. The molecular formula is C15H13ClO5. The summed E-state index contributed by atoms with van der Waals surface area (Å²) in [6.45, 7) is 0.157. The van der Waals surface area contributed by atoms with Crippen LogP contribution in [-0.2, 0) is 6.42 Å². The van der Waals surface area contributed by atoms with E-state index >= 15 is 0 Å². The molecule has 6 heteroatoms. The SMILES string of the molecule is O=C(O)c1cc(Cl)c(O)c(CCOc2ccccc2)c1O. The second kappa shape index (κ2) is 6.37. The molecule has 2 aromatic rings. The summed E-state index contributed by atoms with van der Waals surface area (Å²) in [6.07, 6.45) is 0.118. The van der Waals surface area contributed by atoms with E-state index in [1.165, 1.54) is 0 Å². The maximum Gasteiger partial charge on any atom is 0.339 e. The third-order valence-electron chi connectivity index (χ3n) is 2.92. The number of carboxylic acids is 1. The Bertz CT molecular complexity index is 655. The van der Waals surface area contributed by atoms with Crippen molar-refractivity contribution in [2.24, 2.45) is 0 Å². The highest BCUT2D eigenvalue weighted by Gasteiger charge is 2.20. The van der Waals surface area contributed by atoms with Gasteiger partial charge in [-0.2, -0.15) is 0 Å². The van der Waals surface area contributed by atoms with Crippen LogP contribution in [0.1, 0.15) is 15.9 Å². The van der Waals surface area contributed by atoms with Crippen LogP contribution < -0.4 is 4.74 Å². The summed E-state index contributed by atoms with van der Waals surface area (Å²) in [7, 11) is 0. The molecule has 0 aliphatic heterocycles. The van der Waals surface area contributed by atoms with Crippen LogP contribution in [0.4, 0.5) is 0 Å². The number of aromatic carboxylic acids is 1. The molecule has 0 spiro atoms. The molecule has 0 bridgehead atoms. The van der Waals surface area contributed by atoms with E-state index < -0.39 is 11.7 Å². The van der Waals surface area contributed by atoms with Crippen molar-refractivity contribution in [3.63, 3.8) is 0 Å². The fourth-order valence-electron chi connectivity index (χ4n) is 1.87. The molecule has 0 aliphatic carbocycles. The third-order valence-corrected chi connectivity index (χ3v) is 3.21. The average Bonchev–Trinajstić information content (AvgIpc) is 2.47. The number of ether oxygens (including phenoxy) is 1. The number of phenols is 2. The number of para-hydroxylation sites is 1. The molecule has 0 aromatic heterocycles. The smallest absolute Gasteiger partial charge is 0.339 e. The topological polar surface area (TPSA) is 87.0 Å². The van der Waals surface area contributed by atoms with Crippen molar-refractivity contribution < 1.29 is 24.9 Å². The highest BCUT2D eigenvalue weighted by atomic mass is 35.5. The van der Waals surface area contributed by atoms with E-state index in [1.54, 1.807) is 12.1 Å². The largest absolute Gasteiger partial charge is 0.507 e. The van der Waals surface area contributed by atoms with Gasteiger partial charge in [0.15, 0.2) is 0 Å². The van der Waals surface area contributed by atoms with Gasteiger partial charge in [0.2, 0.25) is 0 Å². The standard InChI is InChI=1S/C15H13ClO5/c16-12-8-11(15(19)20)13(17)10(14(12)18)6-7-21-9-4-2-1-3-5-9/h1-5,8,17-18H,6-7H2,(H,19,20). The maximum atomic E-state index is 11.0. The Morgan fingerprint density at radius 3 is 2.43 bits per heavy atom. The van der Waals surface area contributed by atoms with E-state index in [-0.39, 0.29) is 34.9 Å². The monoisotopic (exact) mass is 308 g/mol. The van der Waals surface area contributed by atoms with Crippen molar-refractivity contribution in [1.82, 2.24) is 0 Å². The minimum Gasteiger partial charge on any atom is -0.507 e. The number of halogens is 1. The van der Waals surface area contributed by atoms with E-state index in [0.717, 1.165) is 6.07 Å². The summed E-state index contributed by atoms with van der Waals surface area (Å²) in [5.41, 5.74) is -0.302. The number of hydrogen-bond donors (Lipinski definition) is 3. The van der Waals surface area contributed by atoms with Gasteiger partial charge in [-0.1, -0.05) is 29.8 Å². The Balaban J connectivity index is 2.18. The van der Waals surface area contributed by atoms with E-state index in [1.807, 2.05) is 18.2 Å². The molecule has 0 saturated heterocycles. The molecule has 0 radical (unpaired) electrons. The van der Waals surface area contributed by atoms with Gasteiger partial charge in [-0.25, -0.2) is 4.79 Å². The predicted octanol–water partition coefficient (Wildman–Crippen LogP) is 3.07. The Morgan fingerprint density at radius 1 is 1.14 bits per heavy atom. The van der Waals surface area contributed by atoms with Gasteiger partial charge in [-0.3, -0.25) is 0 Å². The molecule has 0 saturated carbocycles. The molecule has 2 aromatic carbocycles. The first-order valence-electron chi connectivity index (χ1n) is 6.15. The van der Waals surface area contributed by atoms with Gasteiger partial charge in [0.25, 0.3) is 0 Å². The van der Waals surface area contributed by atoms with Gasteiger partial charge in [-0.15, -0.1) is 0 Å². The summed E-state index contributed by atoms with van der Waals surface area (Å²) in [4.78, 5) is 11.0. The van der Waals surface area contributed by atoms with Crippen molar-refractivity contribution in [2.45, 2.75) is 6.42 Å². The summed E-state index contributed by atoms with van der Waals surface area (Å²) < 4.78 is 5.45. The minimum absolute atomic E-state index is 0.0517. The van der Waals surface area contributed by atoms with E-state index in [9.17, 15) is 15.0 Å². The van der Waals surface area contributed by atoms with Crippen LogP contribution in [0, 0.1) is 0 Å². The quantitative estimate of drug-likeness (QED) is 0.790. The lowest BCUT2D eigenvalue weighted by molar-refractivity contribution is 0.0693. The van der Waals surface area contributed by atoms with Crippen molar-refractivity contribution in [1.29, 1.82) is 0 Å².